The second-order valence-corrected chi connectivity index (χ2v) is 25.3. The second-order valence-electron chi connectivity index (χ2n) is 25.3. The number of rotatable bonds is 54. The molecule has 90 heavy (non-hydrogen) atoms. The molecule has 0 aromatic carbocycles. The van der Waals surface area contributed by atoms with Crippen molar-refractivity contribution >= 4 is 5.91 Å². The van der Waals surface area contributed by atoms with Gasteiger partial charge in [0.2, 0.25) is 5.91 Å². The summed E-state index contributed by atoms with van der Waals surface area (Å²) in [5.74, 6) is -0.289. The molecular formula is C71H127NO18. The molecule has 3 rings (SSSR count). The zero-order chi connectivity index (χ0) is 65.4. The minimum atomic E-state index is -1.98. The summed E-state index contributed by atoms with van der Waals surface area (Å²) in [5.41, 5.74) is 0. The minimum Gasteiger partial charge on any atom is -0.394 e. The van der Waals surface area contributed by atoms with Crippen LogP contribution in [-0.4, -0.2) is 193 Å². The van der Waals surface area contributed by atoms with E-state index in [1.54, 1.807) is 6.08 Å². The molecule has 12 N–H and O–H groups in total. The zero-order valence-corrected chi connectivity index (χ0v) is 55.4. The molecule has 0 bridgehead atoms. The van der Waals surface area contributed by atoms with Crippen LogP contribution in [0.15, 0.2) is 60.8 Å². The Morgan fingerprint density at radius 2 is 0.744 bits per heavy atom. The third kappa shape index (κ3) is 34.2. The maximum atomic E-state index is 13.4. The van der Waals surface area contributed by atoms with Gasteiger partial charge in [-0.2, -0.15) is 0 Å². The van der Waals surface area contributed by atoms with Crippen LogP contribution in [0.5, 0.6) is 0 Å². The standard InChI is InChI=1S/C71H127NO18/c1-3-5-7-9-11-13-15-17-19-20-21-22-23-24-25-26-27-28-29-30-31-32-33-34-35-37-39-41-43-45-47-49-59(77)72-54(55(76)48-46-44-42-40-38-36-18-16-14-12-10-8-6-4-2)53-85-69-65(83)62(80)67(57(51-74)87-69)90-71-66(84)63(81)68(58(52-75)88-71)89-70-64(82)61(79)60(78)56(50-73)86-70/h14-17,20-21,38,40,46,48,54-58,60-71,73-76,78-84H,3-13,18-19,22-37,39,41-45,47,49-53H2,1-2H3,(H,72,77)/b16-14+,17-15-,21-20-,40-38+,48-46+. The first-order chi connectivity index (χ1) is 43.8. The molecule has 0 aromatic heterocycles. The molecule has 17 atom stereocenters. The maximum absolute atomic E-state index is 13.4. The topological polar surface area (TPSA) is 307 Å². The third-order valence-electron chi connectivity index (χ3n) is 17.5. The van der Waals surface area contributed by atoms with Crippen LogP contribution in [0, 0.1) is 0 Å². The maximum Gasteiger partial charge on any atom is 0.220 e. The number of unbranched alkanes of at least 4 members (excludes halogenated alkanes) is 30. The number of carbonyl (C=O) groups excluding carboxylic acids is 1. The Kier molecular flexibility index (Phi) is 47.9. The first-order valence-corrected chi connectivity index (χ1v) is 35.5. The Balaban J connectivity index is 1.38. The summed E-state index contributed by atoms with van der Waals surface area (Å²) in [7, 11) is 0. The van der Waals surface area contributed by atoms with Crippen LogP contribution < -0.4 is 5.32 Å². The van der Waals surface area contributed by atoms with Crippen LogP contribution in [0.2, 0.25) is 0 Å². The average molecular weight is 1280 g/mol. The Morgan fingerprint density at radius 3 is 1.19 bits per heavy atom. The molecule has 0 saturated carbocycles. The van der Waals surface area contributed by atoms with Gasteiger partial charge in [0.15, 0.2) is 18.9 Å². The molecule has 524 valence electrons. The smallest absolute Gasteiger partial charge is 0.220 e. The van der Waals surface area contributed by atoms with Crippen LogP contribution in [0.4, 0.5) is 0 Å². The van der Waals surface area contributed by atoms with E-state index in [4.69, 9.17) is 28.4 Å². The van der Waals surface area contributed by atoms with Gasteiger partial charge in [-0.15, -0.1) is 0 Å². The number of aliphatic hydroxyl groups is 11. The van der Waals surface area contributed by atoms with Gasteiger partial charge >= 0.3 is 0 Å². The van der Waals surface area contributed by atoms with Gasteiger partial charge in [0.05, 0.1) is 38.6 Å². The Bertz CT molecular complexity index is 1870. The van der Waals surface area contributed by atoms with E-state index >= 15 is 0 Å². The molecule has 19 heteroatoms. The fourth-order valence-electron chi connectivity index (χ4n) is 11.7. The van der Waals surface area contributed by atoms with Crippen molar-refractivity contribution in [2.45, 2.75) is 356 Å². The van der Waals surface area contributed by atoms with Crippen LogP contribution in [0.25, 0.3) is 0 Å². The van der Waals surface area contributed by atoms with Gasteiger partial charge in [-0.05, 0) is 77.0 Å². The molecule has 0 spiro atoms. The quantitative estimate of drug-likeness (QED) is 0.0199. The highest BCUT2D eigenvalue weighted by Crippen LogP contribution is 2.33. The van der Waals surface area contributed by atoms with Crippen molar-refractivity contribution in [1.29, 1.82) is 0 Å². The van der Waals surface area contributed by atoms with E-state index in [0.717, 1.165) is 51.4 Å². The molecule has 1 amide bonds. The highest BCUT2D eigenvalue weighted by Gasteiger charge is 2.53. The van der Waals surface area contributed by atoms with Gasteiger partial charge in [0.1, 0.15) is 73.2 Å². The SMILES string of the molecule is CCCCCC/C=C/CC/C=C/CC/C=C/C(O)C(COC1OC(CO)C(OC2OC(CO)C(OC3OC(CO)C(O)C(O)C3O)C(O)C2O)C(O)C1O)NC(=O)CCCCCCCCCCCCCCCCCCCCC/C=C\C/C=C\CCCCCCC. The van der Waals surface area contributed by atoms with Crippen molar-refractivity contribution in [2.24, 2.45) is 0 Å². The van der Waals surface area contributed by atoms with Crippen molar-refractivity contribution in [1.82, 2.24) is 5.32 Å². The van der Waals surface area contributed by atoms with E-state index in [2.05, 4.69) is 67.8 Å². The van der Waals surface area contributed by atoms with E-state index < -0.39 is 124 Å². The molecule has 19 nitrogen and oxygen atoms in total. The number of carbonyl (C=O) groups is 1. The van der Waals surface area contributed by atoms with Crippen molar-refractivity contribution in [2.75, 3.05) is 26.4 Å². The van der Waals surface area contributed by atoms with Gasteiger partial charge in [0, 0.05) is 6.42 Å². The number of allylic oxidation sites excluding steroid dienone is 9. The van der Waals surface area contributed by atoms with E-state index in [9.17, 15) is 61.0 Å². The normalized spacial score (nSPS) is 28.4. The molecule has 0 aliphatic carbocycles. The summed E-state index contributed by atoms with van der Waals surface area (Å²) < 4.78 is 34.3. The van der Waals surface area contributed by atoms with Gasteiger partial charge in [-0.3, -0.25) is 4.79 Å². The predicted molar refractivity (Wildman–Crippen MR) is 351 cm³/mol. The first kappa shape index (κ1) is 81.7. The van der Waals surface area contributed by atoms with Crippen LogP contribution in [0.1, 0.15) is 251 Å². The zero-order valence-electron chi connectivity index (χ0n) is 55.4. The Labute approximate surface area is 541 Å². The summed E-state index contributed by atoms with van der Waals surface area (Å²) in [4.78, 5) is 13.4. The number of hydrogen-bond donors (Lipinski definition) is 12. The van der Waals surface area contributed by atoms with Crippen molar-refractivity contribution < 1.29 is 89.4 Å². The van der Waals surface area contributed by atoms with Gasteiger partial charge < -0.3 is 89.9 Å². The third-order valence-corrected chi connectivity index (χ3v) is 17.5. The van der Waals surface area contributed by atoms with Gasteiger partial charge in [0.25, 0.3) is 0 Å². The number of aliphatic hydroxyl groups excluding tert-OH is 11. The molecule has 17 unspecified atom stereocenters. The molecule has 0 radical (unpaired) electrons. The number of nitrogens with one attached hydrogen (secondary N) is 1. The Morgan fingerprint density at radius 1 is 0.400 bits per heavy atom. The average Bonchev–Trinajstić information content (AvgIpc) is 0.995. The van der Waals surface area contributed by atoms with Crippen LogP contribution in [0.3, 0.4) is 0 Å². The van der Waals surface area contributed by atoms with Crippen molar-refractivity contribution in [3.8, 4) is 0 Å². The van der Waals surface area contributed by atoms with Gasteiger partial charge in [-0.25, -0.2) is 0 Å². The fraction of sp³-hybridized carbons (Fsp3) is 0.845. The van der Waals surface area contributed by atoms with E-state index in [-0.39, 0.29) is 18.9 Å². The van der Waals surface area contributed by atoms with Crippen molar-refractivity contribution in [3.05, 3.63) is 60.8 Å². The number of amides is 1. The van der Waals surface area contributed by atoms with E-state index in [0.29, 0.717) is 12.8 Å². The molecule has 3 aliphatic rings. The predicted octanol–water partition coefficient (Wildman–Crippen LogP) is 9.55. The van der Waals surface area contributed by atoms with E-state index in [1.165, 1.54) is 167 Å². The molecule has 3 saturated heterocycles. The fourth-order valence-corrected chi connectivity index (χ4v) is 11.7. The lowest BCUT2D eigenvalue weighted by molar-refractivity contribution is -0.379. The van der Waals surface area contributed by atoms with Crippen molar-refractivity contribution in [3.63, 3.8) is 0 Å². The summed E-state index contributed by atoms with van der Waals surface area (Å²) in [6, 6.07) is -0.996. The minimum absolute atomic E-state index is 0.232. The largest absolute Gasteiger partial charge is 0.394 e. The Hall–Kier alpha value is -2.51. The van der Waals surface area contributed by atoms with Gasteiger partial charge in [-0.1, -0.05) is 229 Å². The summed E-state index contributed by atoms with van der Waals surface area (Å²) in [6.07, 6.45) is 37.9. The van der Waals surface area contributed by atoms with Crippen LogP contribution in [-0.2, 0) is 33.2 Å². The van der Waals surface area contributed by atoms with E-state index in [1.807, 2.05) is 6.08 Å². The molecule has 3 heterocycles. The monoisotopic (exact) mass is 1280 g/mol. The summed E-state index contributed by atoms with van der Waals surface area (Å²) >= 11 is 0. The first-order valence-electron chi connectivity index (χ1n) is 35.5. The highest BCUT2D eigenvalue weighted by atomic mass is 16.8. The lowest BCUT2D eigenvalue weighted by Crippen LogP contribution is -2.66. The molecular weight excluding hydrogens is 1150 g/mol. The molecule has 3 fully saturated rings. The number of ether oxygens (including phenoxy) is 6. The summed E-state index contributed by atoms with van der Waals surface area (Å²) in [6.45, 7) is 1.67. The summed E-state index contributed by atoms with van der Waals surface area (Å²) in [5, 5.41) is 120. The molecule has 3 aliphatic heterocycles. The molecule has 0 aromatic rings. The lowest BCUT2D eigenvalue weighted by atomic mass is 9.96. The highest BCUT2D eigenvalue weighted by molar-refractivity contribution is 5.76. The second kappa shape index (κ2) is 52.7. The van der Waals surface area contributed by atoms with Crippen LogP contribution >= 0.6 is 0 Å². The lowest BCUT2D eigenvalue weighted by Gasteiger charge is -2.48. The number of hydrogen-bond acceptors (Lipinski definition) is 18.